The normalized spacial score (nSPS) is 12.1. The van der Waals surface area contributed by atoms with E-state index in [2.05, 4.69) is 10.4 Å². The van der Waals surface area contributed by atoms with E-state index >= 15 is 0 Å². The Hall–Kier alpha value is -3.09. The SMILES string of the molecule is C[C@H](C(=O)Nc1c(F)cccc1F)n1ncc2ccccc2c1=O. The molecule has 1 amide bonds. The lowest BCUT2D eigenvalue weighted by molar-refractivity contribution is -0.119. The number of amides is 1. The number of carbonyl (C=O) groups excluding carboxylic acids is 1. The summed E-state index contributed by atoms with van der Waals surface area (Å²) >= 11 is 0. The Balaban J connectivity index is 1.94. The van der Waals surface area contributed by atoms with Crippen molar-refractivity contribution in [1.29, 1.82) is 0 Å². The second-order valence-electron chi connectivity index (χ2n) is 5.24. The number of carbonyl (C=O) groups is 1. The van der Waals surface area contributed by atoms with Crippen LogP contribution in [0.2, 0.25) is 0 Å². The van der Waals surface area contributed by atoms with Gasteiger partial charge in [0.05, 0.1) is 11.6 Å². The molecule has 0 unspecified atom stereocenters. The van der Waals surface area contributed by atoms with E-state index in [0.29, 0.717) is 10.8 Å². The molecule has 0 saturated carbocycles. The first kappa shape index (κ1) is 15.8. The van der Waals surface area contributed by atoms with E-state index < -0.39 is 34.8 Å². The Labute approximate surface area is 135 Å². The fourth-order valence-corrected chi connectivity index (χ4v) is 2.34. The Morgan fingerprint density at radius 1 is 1.12 bits per heavy atom. The average molecular weight is 329 g/mol. The first-order valence-electron chi connectivity index (χ1n) is 7.20. The molecule has 1 N–H and O–H groups in total. The highest BCUT2D eigenvalue weighted by Crippen LogP contribution is 2.19. The van der Waals surface area contributed by atoms with Crippen molar-refractivity contribution in [3.05, 3.63) is 70.6 Å². The van der Waals surface area contributed by atoms with Gasteiger partial charge in [-0.1, -0.05) is 24.3 Å². The maximum absolute atomic E-state index is 13.6. The quantitative estimate of drug-likeness (QED) is 0.803. The molecule has 0 bridgehead atoms. The van der Waals surface area contributed by atoms with Gasteiger partial charge in [0.15, 0.2) is 0 Å². The zero-order valence-corrected chi connectivity index (χ0v) is 12.7. The minimum atomic E-state index is -1.04. The molecule has 24 heavy (non-hydrogen) atoms. The van der Waals surface area contributed by atoms with Crippen molar-refractivity contribution in [1.82, 2.24) is 9.78 Å². The summed E-state index contributed by atoms with van der Waals surface area (Å²) in [6, 6.07) is 9.04. The number of nitrogens with zero attached hydrogens (tertiary/aromatic N) is 2. The summed E-state index contributed by atoms with van der Waals surface area (Å²) in [5, 5.41) is 7.18. The van der Waals surface area contributed by atoms with Gasteiger partial charge in [0, 0.05) is 5.39 Å². The molecule has 1 aromatic heterocycles. The van der Waals surface area contributed by atoms with E-state index in [1.54, 1.807) is 24.3 Å². The van der Waals surface area contributed by atoms with Crippen molar-refractivity contribution in [2.45, 2.75) is 13.0 Å². The van der Waals surface area contributed by atoms with Gasteiger partial charge in [-0.25, -0.2) is 13.5 Å². The number of fused-ring (bicyclic) bond motifs is 1. The van der Waals surface area contributed by atoms with Crippen LogP contribution in [0, 0.1) is 11.6 Å². The summed E-state index contributed by atoms with van der Waals surface area (Å²) in [7, 11) is 0. The Kier molecular flexibility index (Phi) is 4.07. The molecule has 0 aliphatic heterocycles. The van der Waals surface area contributed by atoms with Crippen LogP contribution in [-0.2, 0) is 4.79 Å². The third-order valence-corrected chi connectivity index (χ3v) is 3.68. The highest BCUT2D eigenvalue weighted by molar-refractivity contribution is 5.93. The van der Waals surface area contributed by atoms with Crippen LogP contribution in [0.3, 0.4) is 0 Å². The number of anilines is 1. The standard InChI is InChI=1S/C17H13F2N3O2/c1-10(16(23)21-15-13(18)7-4-8-14(15)19)22-17(24)12-6-3-2-5-11(12)9-20-22/h2-10H,1H3,(H,21,23)/t10-/m1/s1. The van der Waals surface area contributed by atoms with Gasteiger partial charge in [-0.15, -0.1) is 0 Å². The second-order valence-corrected chi connectivity index (χ2v) is 5.24. The molecule has 0 spiro atoms. The largest absolute Gasteiger partial charge is 0.319 e. The van der Waals surface area contributed by atoms with E-state index in [1.807, 2.05) is 0 Å². The van der Waals surface area contributed by atoms with Crippen LogP contribution in [0.4, 0.5) is 14.5 Å². The van der Waals surface area contributed by atoms with Crippen molar-refractivity contribution in [2.75, 3.05) is 5.32 Å². The molecule has 0 aliphatic rings. The zero-order chi connectivity index (χ0) is 17.3. The molecule has 0 aliphatic carbocycles. The minimum absolute atomic E-state index is 0.407. The number of para-hydroxylation sites is 1. The van der Waals surface area contributed by atoms with Crippen molar-refractivity contribution in [3.63, 3.8) is 0 Å². The first-order chi connectivity index (χ1) is 11.5. The van der Waals surface area contributed by atoms with Crippen LogP contribution < -0.4 is 10.9 Å². The molecule has 0 radical (unpaired) electrons. The average Bonchev–Trinajstić information content (AvgIpc) is 2.58. The van der Waals surface area contributed by atoms with E-state index in [1.165, 1.54) is 19.2 Å². The summed E-state index contributed by atoms with van der Waals surface area (Å²) in [6.45, 7) is 1.43. The molecule has 122 valence electrons. The van der Waals surface area contributed by atoms with E-state index in [-0.39, 0.29) is 0 Å². The molecule has 3 aromatic rings. The lowest BCUT2D eigenvalue weighted by Gasteiger charge is -2.15. The van der Waals surface area contributed by atoms with E-state index in [9.17, 15) is 18.4 Å². The fourth-order valence-electron chi connectivity index (χ4n) is 2.34. The van der Waals surface area contributed by atoms with Gasteiger partial charge < -0.3 is 5.32 Å². The van der Waals surface area contributed by atoms with Gasteiger partial charge in [-0.2, -0.15) is 5.10 Å². The highest BCUT2D eigenvalue weighted by Gasteiger charge is 2.21. The predicted octanol–water partition coefficient (Wildman–Crippen LogP) is 2.87. The second kappa shape index (κ2) is 6.19. The van der Waals surface area contributed by atoms with Gasteiger partial charge >= 0.3 is 0 Å². The number of hydrogen-bond donors (Lipinski definition) is 1. The monoisotopic (exact) mass is 329 g/mol. The van der Waals surface area contributed by atoms with Crippen LogP contribution in [0.5, 0.6) is 0 Å². The third kappa shape index (κ3) is 2.76. The fraction of sp³-hybridized carbons (Fsp3) is 0.118. The number of hydrogen-bond acceptors (Lipinski definition) is 3. The maximum Gasteiger partial charge on any atom is 0.275 e. The van der Waals surface area contributed by atoms with Crippen molar-refractivity contribution in [3.8, 4) is 0 Å². The van der Waals surface area contributed by atoms with Crippen molar-refractivity contribution >= 4 is 22.4 Å². The van der Waals surface area contributed by atoms with Gasteiger partial charge in [0.1, 0.15) is 23.4 Å². The molecule has 0 saturated heterocycles. The van der Waals surface area contributed by atoms with Crippen LogP contribution in [0.15, 0.2) is 53.5 Å². The topological polar surface area (TPSA) is 64.0 Å². The Bertz CT molecular complexity index is 965. The number of aromatic nitrogens is 2. The smallest absolute Gasteiger partial charge is 0.275 e. The van der Waals surface area contributed by atoms with Crippen LogP contribution in [0.1, 0.15) is 13.0 Å². The molecule has 3 rings (SSSR count). The van der Waals surface area contributed by atoms with Crippen LogP contribution in [-0.4, -0.2) is 15.7 Å². The molecule has 1 heterocycles. The molecule has 2 aromatic carbocycles. The lowest BCUT2D eigenvalue weighted by atomic mass is 10.2. The van der Waals surface area contributed by atoms with Crippen LogP contribution in [0.25, 0.3) is 10.8 Å². The third-order valence-electron chi connectivity index (χ3n) is 3.68. The molecule has 0 fully saturated rings. The predicted molar refractivity (Wildman–Crippen MR) is 85.7 cm³/mol. The number of rotatable bonds is 3. The van der Waals surface area contributed by atoms with E-state index in [4.69, 9.17) is 0 Å². The lowest BCUT2D eigenvalue weighted by Crippen LogP contribution is -2.33. The summed E-state index contributed by atoms with van der Waals surface area (Å²) < 4.78 is 28.2. The summed E-state index contributed by atoms with van der Waals surface area (Å²) in [4.78, 5) is 24.7. The van der Waals surface area contributed by atoms with Gasteiger partial charge in [0.2, 0.25) is 5.91 Å². The van der Waals surface area contributed by atoms with Crippen molar-refractivity contribution in [2.24, 2.45) is 0 Å². The molecule has 1 atom stereocenters. The van der Waals surface area contributed by atoms with Gasteiger partial charge in [0.25, 0.3) is 5.56 Å². The molecular weight excluding hydrogens is 316 g/mol. The minimum Gasteiger partial charge on any atom is -0.319 e. The molecular formula is C17H13F2N3O2. The van der Waals surface area contributed by atoms with Crippen LogP contribution >= 0.6 is 0 Å². The zero-order valence-electron chi connectivity index (χ0n) is 12.7. The van der Waals surface area contributed by atoms with E-state index in [0.717, 1.165) is 16.8 Å². The maximum atomic E-state index is 13.6. The summed E-state index contributed by atoms with van der Waals surface area (Å²) in [6.07, 6.45) is 1.46. The molecule has 5 nitrogen and oxygen atoms in total. The van der Waals surface area contributed by atoms with Crippen molar-refractivity contribution < 1.29 is 13.6 Å². The molecule has 7 heteroatoms. The number of benzene rings is 2. The number of halogens is 2. The Morgan fingerprint density at radius 2 is 1.79 bits per heavy atom. The number of nitrogens with one attached hydrogen (secondary N) is 1. The Morgan fingerprint density at radius 3 is 2.50 bits per heavy atom. The summed E-state index contributed by atoms with van der Waals surface area (Å²) in [5.41, 5.74) is -1.01. The van der Waals surface area contributed by atoms with Gasteiger partial charge in [-0.05, 0) is 25.1 Å². The van der Waals surface area contributed by atoms with Gasteiger partial charge in [-0.3, -0.25) is 9.59 Å². The highest BCUT2D eigenvalue weighted by atomic mass is 19.1. The first-order valence-corrected chi connectivity index (χ1v) is 7.20. The summed E-state index contributed by atoms with van der Waals surface area (Å²) in [5.74, 6) is -2.53.